The number of nitrogens with zero attached hydrogens (tertiary/aromatic N) is 2. The van der Waals surface area contributed by atoms with Gasteiger partial charge in [0.15, 0.2) is 0 Å². The van der Waals surface area contributed by atoms with Crippen molar-refractivity contribution in [3.63, 3.8) is 0 Å². The average molecular weight is 207 g/mol. The molecule has 88 valence electrons. The minimum atomic E-state index is 0. The minimum absolute atomic E-state index is 0. The zero-order chi connectivity index (χ0) is 10.4. The average Bonchev–Trinajstić information content (AvgIpc) is 2.04. The number of hydrogen-bond donors (Lipinski definition) is 2. The molecule has 0 bridgehead atoms. The Balaban J connectivity index is 0. The molecule has 14 heavy (non-hydrogen) atoms. The maximum atomic E-state index is 8.72. The molecular weight excluding hydrogens is 182 g/mol. The lowest BCUT2D eigenvalue weighted by Crippen LogP contribution is -2.39. The summed E-state index contributed by atoms with van der Waals surface area (Å²) in [6, 6.07) is 0. The third-order valence-electron chi connectivity index (χ3n) is 2.19. The van der Waals surface area contributed by atoms with Gasteiger partial charge < -0.3 is 16.0 Å². The smallest absolute Gasteiger partial charge is 0.109 e. The molecule has 0 saturated carbocycles. The van der Waals surface area contributed by atoms with Crippen molar-refractivity contribution in [2.75, 3.05) is 34.3 Å². The Labute approximate surface area is 87.2 Å². The first-order valence-electron chi connectivity index (χ1n) is 4.62. The number of hydrogen-bond acceptors (Lipinski definition) is 5. The van der Waals surface area contributed by atoms with Crippen LogP contribution in [0.3, 0.4) is 0 Å². The van der Waals surface area contributed by atoms with Gasteiger partial charge >= 0.3 is 0 Å². The van der Waals surface area contributed by atoms with Crippen LogP contribution < -0.4 is 6.15 Å². The van der Waals surface area contributed by atoms with Gasteiger partial charge in [0.1, 0.15) is 12.5 Å². The van der Waals surface area contributed by atoms with Crippen LogP contribution >= 0.6 is 0 Å². The SMILES string of the molecule is CC(OC(C)N(C)CCO)N(C)C.N. The molecule has 0 aliphatic carbocycles. The van der Waals surface area contributed by atoms with Gasteiger partial charge in [-0.25, -0.2) is 0 Å². The first kappa shape index (κ1) is 16.2. The van der Waals surface area contributed by atoms with Crippen LogP contribution in [0.25, 0.3) is 0 Å². The van der Waals surface area contributed by atoms with Gasteiger partial charge in [-0.15, -0.1) is 0 Å². The van der Waals surface area contributed by atoms with Crippen molar-refractivity contribution >= 4 is 0 Å². The predicted octanol–water partition coefficient (Wildman–Crippen LogP) is 0.343. The lowest BCUT2D eigenvalue weighted by molar-refractivity contribution is -0.122. The van der Waals surface area contributed by atoms with Crippen LogP contribution in [-0.4, -0.2) is 61.7 Å². The highest BCUT2D eigenvalue weighted by atomic mass is 16.5. The highest BCUT2D eigenvalue weighted by molar-refractivity contribution is 4.54. The van der Waals surface area contributed by atoms with Crippen molar-refractivity contribution < 1.29 is 9.84 Å². The molecule has 0 rings (SSSR count). The van der Waals surface area contributed by atoms with Crippen molar-refractivity contribution in [3.05, 3.63) is 0 Å². The topological polar surface area (TPSA) is 70.9 Å². The van der Waals surface area contributed by atoms with Crippen LogP contribution in [0.1, 0.15) is 13.8 Å². The summed E-state index contributed by atoms with van der Waals surface area (Å²) in [6.07, 6.45) is 0.126. The molecule has 5 nitrogen and oxygen atoms in total. The maximum Gasteiger partial charge on any atom is 0.109 e. The van der Waals surface area contributed by atoms with Crippen molar-refractivity contribution in [2.45, 2.75) is 26.3 Å². The van der Waals surface area contributed by atoms with Gasteiger partial charge in [0.05, 0.1) is 6.61 Å². The summed E-state index contributed by atoms with van der Waals surface area (Å²) in [5.74, 6) is 0. The van der Waals surface area contributed by atoms with E-state index in [0.29, 0.717) is 6.54 Å². The zero-order valence-corrected chi connectivity index (χ0v) is 10.0. The molecule has 0 heterocycles. The van der Waals surface area contributed by atoms with E-state index in [1.807, 2.05) is 44.8 Å². The Kier molecular flexibility index (Phi) is 9.44. The number of likely N-dealkylation sites (N-methyl/N-ethyl adjacent to an activating group) is 1. The fourth-order valence-corrected chi connectivity index (χ4v) is 0.850. The van der Waals surface area contributed by atoms with Crippen LogP contribution in [0.15, 0.2) is 0 Å². The summed E-state index contributed by atoms with van der Waals surface area (Å²) in [5, 5.41) is 8.72. The summed E-state index contributed by atoms with van der Waals surface area (Å²) in [6.45, 7) is 4.79. The molecule has 4 N–H and O–H groups in total. The second-order valence-corrected chi connectivity index (χ2v) is 3.50. The maximum absolute atomic E-state index is 8.72. The molecule has 2 atom stereocenters. The van der Waals surface area contributed by atoms with Gasteiger partial charge in [0, 0.05) is 6.54 Å². The van der Waals surface area contributed by atoms with E-state index in [-0.39, 0.29) is 25.2 Å². The van der Waals surface area contributed by atoms with E-state index in [1.165, 1.54) is 0 Å². The molecule has 0 radical (unpaired) electrons. The van der Waals surface area contributed by atoms with Crippen LogP contribution in [0.5, 0.6) is 0 Å². The fraction of sp³-hybridized carbons (Fsp3) is 1.00. The molecular formula is C9H25N3O2. The van der Waals surface area contributed by atoms with Crippen LogP contribution in [0.2, 0.25) is 0 Å². The number of aliphatic hydroxyl groups is 1. The lowest BCUT2D eigenvalue weighted by Gasteiger charge is -2.29. The molecule has 2 unspecified atom stereocenters. The largest absolute Gasteiger partial charge is 0.395 e. The number of aliphatic hydroxyl groups excluding tert-OH is 1. The first-order chi connectivity index (χ1) is 5.99. The van der Waals surface area contributed by atoms with E-state index in [0.717, 1.165) is 0 Å². The van der Waals surface area contributed by atoms with E-state index in [4.69, 9.17) is 9.84 Å². The van der Waals surface area contributed by atoms with Crippen molar-refractivity contribution in [2.24, 2.45) is 0 Å². The molecule has 5 heteroatoms. The summed E-state index contributed by atoms with van der Waals surface area (Å²) in [4.78, 5) is 3.98. The van der Waals surface area contributed by atoms with Gasteiger partial charge in [-0.3, -0.25) is 9.80 Å². The quantitative estimate of drug-likeness (QED) is 0.615. The van der Waals surface area contributed by atoms with Crippen LogP contribution in [0.4, 0.5) is 0 Å². The molecule has 0 spiro atoms. The third kappa shape index (κ3) is 6.28. The van der Waals surface area contributed by atoms with Crippen LogP contribution in [0, 0.1) is 0 Å². The van der Waals surface area contributed by atoms with E-state index in [2.05, 4.69) is 0 Å². The van der Waals surface area contributed by atoms with Gasteiger partial charge in [-0.1, -0.05) is 0 Å². The van der Waals surface area contributed by atoms with E-state index < -0.39 is 0 Å². The highest BCUT2D eigenvalue weighted by Gasteiger charge is 2.13. The molecule has 0 aliphatic rings. The van der Waals surface area contributed by atoms with Gasteiger partial charge in [-0.05, 0) is 35.0 Å². The van der Waals surface area contributed by atoms with Crippen molar-refractivity contribution in [1.82, 2.24) is 16.0 Å². The number of rotatable bonds is 6. The Bertz CT molecular complexity index is 133. The standard InChI is InChI=1S/C9H22N2O2.H3N/c1-8(10(3)4)13-9(2)11(5)6-7-12;/h8-9,12H,6-7H2,1-5H3;1H3. The van der Waals surface area contributed by atoms with Crippen molar-refractivity contribution in [1.29, 1.82) is 0 Å². The molecule has 0 aromatic rings. The molecule has 0 aromatic heterocycles. The minimum Gasteiger partial charge on any atom is -0.395 e. The summed E-state index contributed by atoms with van der Waals surface area (Å²) in [7, 11) is 5.89. The summed E-state index contributed by atoms with van der Waals surface area (Å²) >= 11 is 0. The molecule has 0 aromatic carbocycles. The highest BCUT2D eigenvalue weighted by Crippen LogP contribution is 2.03. The Morgan fingerprint density at radius 3 is 2.00 bits per heavy atom. The zero-order valence-electron chi connectivity index (χ0n) is 10.0. The third-order valence-corrected chi connectivity index (χ3v) is 2.19. The fourth-order valence-electron chi connectivity index (χ4n) is 0.850. The van der Waals surface area contributed by atoms with E-state index >= 15 is 0 Å². The monoisotopic (exact) mass is 207 g/mol. The molecule has 0 aliphatic heterocycles. The second-order valence-electron chi connectivity index (χ2n) is 3.50. The normalized spacial score (nSPS) is 15.4. The second kappa shape index (κ2) is 8.14. The lowest BCUT2D eigenvalue weighted by atomic mass is 10.5. The van der Waals surface area contributed by atoms with Gasteiger partial charge in [0.25, 0.3) is 0 Å². The Hall–Kier alpha value is -0.200. The number of ether oxygens (including phenoxy) is 1. The van der Waals surface area contributed by atoms with E-state index in [9.17, 15) is 0 Å². The molecule has 0 amide bonds. The molecule has 0 fully saturated rings. The summed E-state index contributed by atoms with van der Waals surface area (Å²) in [5.41, 5.74) is 0. The van der Waals surface area contributed by atoms with Crippen molar-refractivity contribution in [3.8, 4) is 0 Å². The predicted molar refractivity (Wildman–Crippen MR) is 58.4 cm³/mol. The van der Waals surface area contributed by atoms with Gasteiger partial charge in [-0.2, -0.15) is 0 Å². The van der Waals surface area contributed by atoms with Crippen LogP contribution in [-0.2, 0) is 4.74 Å². The Morgan fingerprint density at radius 1 is 1.14 bits per heavy atom. The van der Waals surface area contributed by atoms with E-state index in [1.54, 1.807) is 0 Å². The Morgan fingerprint density at radius 2 is 1.64 bits per heavy atom. The van der Waals surface area contributed by atoms with Gasteiger partial charge in [0.2, 0.25) is 0 Å². The molecule has 0 saturated heterocycles. The summed E-state index contributed by atoms with van der Waals surface area (Å²) < 4.78 is 5.67. The first-order valence-corrected chi connectivity index (χ1v) is 4.62.